The molecule has 168 valence electrons. The van der Waals surface area contributed by atoms with Crippen molar-refractivity contribution in [3.05, 3.63) is 12.2 Å². The molecule has 7 heteroatoms. The molecule has 0 aromatic heterocycles. The maximum absolute atomic E-state index is 12.1. The van der Waals surface area contributed by atoms with Crippen molar-refractivity contribution in [1.29, 1.82) is 0 Å². The van der Waals surface area contributed by atoms with Crippen molar-refractivity contribution in [3.63, 3.8) is 0 Å². The van der Waals surface area contributed by atoms with Crippen molar-refractivity contribution < 1.29 is 34.2 Å². The van der Waals surface area contributed by atoms with E-state index in [9.17, 15) is 29.7 Å². The molecule has 0 bridgehead atoms. The van der Waals surface area contributed by atoms with Crippen LogP contribution in [0.5, 0.6) is 0 Å². The number of hydrogen-bond donors (Lipinski definition) is 3. The van der Waals surface area contributed by atoms with Gasteiger partial charge in [-0.15, -0.1) is 0 Å². The van der Waals surface area contributed by atoms with Crippen molar-refractivity contribution >= 4 is 17.9 Å². The largest absolute Gasteiger partial charge is 0.477 e. The number of nitrogens with zero attached hydrogens (tertiary/aromatic N) is 1. The van der Waals surface area contributed by atoms with Gasteiger partial charge >= 0.3 is 17.9 Å². The molecule has 0 saturated heterocycles. The second kappa shape index (κ2) is 14.1. The van der Waals surface area contributed by atoms with Gasteiger partial charge in [-0.25, -0.2) is 14.4 Å². The minimum absolute atomic E-state index is 0.176. The number of carboxylic acids is 3. The van der Waals surface area contributed by atoms with E-state index in [0.29, 0.717) is 12.8 Å². The van der Waals surface area contributed by atoms with Gasteiger partial charge < -0.3 is 15.3 Å². The highest BCUT2D eigenvalue weighted by atomic mass is 16.4. The Morgan fingerprint density at radius 1 is 0.690 bits per heavy atom. The Kier molecular flexibility index (Phi) is 13.2. The quantitative estimate of drug-likeness (QED) is 0.186. The molecule has 7 nitrogen and oxygen atoms in total. The number of rotatable bonds is 17. The molecular weight excluding hydrogens is 374 g/mol. The van der Waals surface area contributed by atoms with Gasteiger partial charge in [-0.3, -0.25) is 4.48 Å². The van der Waals surface area contributed by atoms with Gasteiger partial charge in [0.15, 0.2) is 18.1 Å². The molecule has 3 N–H and O–H groups in total. The van der Waals surface area contributed by atoms with E-state index >= 15 is 0 Å². The molecule has 0 aliphatic heterocycles. The van der Waals surface area contributed by atoms with Crippen LogP contribution < -0.4 is 0 Å². The predicted molar refractivity (Wildman–Crippen MR) is 113 cm³/mol. The topological polar surface area (TPSA) is 112 Å². The molecule has 0 fully saturated rings. The average molecular weight is 415 g/mol. The lowest BCUT2D eigenvalue weighted by Gasteiger charge is -2.49. The lowest BCUT2D eigenvalue weighted by atomic mass is 9.94. The van der Waals surface area contributed by atoms with Crippen molar-refractivity contribution in [2.24, 2.45) is 0 Å². The van der Waals surface area contributed by atoms with Crippen molar-refractivity contribution in [2.45, 2.75) is 104 Å². The van der Waals surface area contributed by atoms with E-state index in [0.717, 1.165) is 19.3 Å². The SMILES string of the molecule is CCCCC/C=C/CCC[N+](C(CC)C(=O)O)(C(CC)C(=O)O)C(CC)C(=O)O. The molecule has 0 aliphatic rings. The third kappa shape index (κ3) is 7.46. The highest BCUT2D eigenvalue weighted by molar-refractivity contribution is 5.78. The summed E-state index contributed by atoms with van der Waals surface area (Å²) in [4.78, 5) is 36.2. The number of quaternary nitrogens is 1. The van der Waals surface area contributed by atoms with Crippen LogP contribution in [0.4, 0.5) is 0 Å². The fourth-order valence-corrected chi connectivity index (χ4v) is 4.51. The second-order valence-electron chi connectivity index (χ2n) is 7.61. The van der Waals surface area contributed by atoms with Crippen molar-refractivity contribution in [3.8, 4) is 0 Å². The van der Waals surface area contributed by atoms with E-state index in [1.54, 1.807) is 20.8 Å². The van der Waals surface area contributed by atoms with Crippen LogP contribution >= 0.6 is 0 Å². The highest BCUT2D eigenvalue weighted by Crippen LogP contribution is 2.32. The Labute approximate surface area is 175 Å². The van der Waals surface area contributed by atoms with Gasteiger partial charge in [0.25, 0.3) is 0 Å². The first-order valence-corrected chi connectivity index (χ1v) is 10.9. The van der Waals surface area contributed by atoms with E-state index in [2.05, 4.69) is 13.0 Å². The van der Waals surface area contributed by atoms with Crippen LogP contribution in [0.3, 0.4) is 0 Å². The molecule has 0 aliphatic carbocycles. The molecule has 0 saturated carbocycles. The summed E-state index contributed by atoms with van der Waals surface area (Å²) in [5, 5.41) is 29.6. The molecule has 0 aromatic rings. The number of allylic oxidation sites excluding steroid dienone is 2. The molecule has 3 atom stereocenters. The summed E-state index contributed by atoms with van der Waals surface area (Å²) >= 11 is 0. The predicted octanol–water partition coefficient (Wildman–Crippen LogP) is 4.31. The van der Waals surface area contributed by atoms with Crippen LogP contribution in [0.15, 0.2) is 12.2 Å². The van der Waals surface area contributed by atoms with Gasteiger partial charge in [-0.2, -0.15) is 0 Å². The lowest BCUT2D eigenvalue weighted by molar-refractivity contribution is -0.973. The Hall–Kier alpha value is -1.89. The van der Waals surface area contributed by atoms with Gasteiger partial charge in [0.1, 0.15) is 0 Å². The van der Waals surface area contributed by atoms with Crippen LogP contribution in [0.25, 0.3) is 0 Å². The molecule has 0 amide bonds. The summed E-state index contributed by atoms with van der Waals surface area (Å²) < 4.78 is -0.437. The van der Waals surface area contributed by atoms with Crippen LogP contribution in [0, 0.1) is 0 Å². The van der Waals surface area contributed by atoms with Crippen LogP contribution in [0.2, 0.25) is 0 Å². The molecule has 0 aromatic carbocycles. The molecule has 0 radical (unpaired) electrons. The van der Waals surface area contributed by atoms with Gasteiger partial charge in [0.05, 0.1) is 6.54 Å². The molecule has 0 heterocycles. The summed E-state index contributed by atoms with van der Waals surface area (Å²) in [6.45, 7) is 7.40. The smallest absolute Gasteiger partial charge is 0.362 e. The fourth-order valence-electron chi connectivity index (χ4n) is 4.51. The second-order valence-corrected chi connectivity index (χ2v) is 7.61. The van der Waals surface area contributed by atoms with Crippen molar-refractivity contribution in [1.82, 2.24) is 0 Å². The summed E-state index contributed by atoms with van der Waals surface area (Å²) in [6, 6.07) is -3.23. The molecular formula is C22H40NO6+. The first-order chi connectivity index (χ1) is 13.7. The first kappa shape index (κ1) is 27.1. The normalized spacial score (nSPS) is 16.8. The number of unbranched alkanes of at least 4 members (excludes halogenated alkanes) is 4. The number of aliphatic carboxylic acids is 3. The van der Waals surface area contributed by atoms with Gasteiger partial charge in [-0.05, 0) is 19.3 Å². The fraction of sp³-hybridized carbons (Fsp3) is 0.773. The molecule has 0 spiro atoms. The standard InChI is InChI=1S/C22H39NO6/c1-5-9-10-11-12-13-14-15-16-23(17(6-2)20(24)25,18(7-3)21(26)27)19(8-4)22(28)29/h12-13,17-19H,5-11,14-16H2,1-4H3,(H2-,24,25,26,27,28,29)/p+1/b13-12+. The number of carboxylic acid groups (broad SMARTS) is 3. The monoisotopic (exact) mass is 414 g/mol. The van der Waals surface area contributed by atoms with Crippen LogP contribution in [0.1, 0.15) is 85.5 Å². The van der Waals surface area contributed by atoms with Gasteiger partial charge in [0.2, 0.25) is 0 Å². The van der Waals surface area contributed by atoms with E-state index in [4.69, 9.17) is 0 Å². The molecule has 3 unspecified atom stereocenters. The van der Waals surface area contributed by atoms with Crippen LogP contribution in [-0.4, -0.2) is 62.4 Å². The third-order valence-electron chi connectivity index (χ3n) is 5.81. The van der Waals surface area contributed by atoms with Crippen LogP contribution in [-0.2, 0) is 14.4 Å². The summed E-state index contributed by atoms with van der Waals surface area (Å²) in [6.07, 6.45) is 10.3. The van der Waals surface area contributed by atoms with E-state index in [1.165, 1.54) is 6.42 Å². The van der Waals surface area contributed by atoms with Gasteiger partial charge in [0, 0.05) is 25.7 Å². The van der Waals surface area contributed by atoms with Gasteiger partial charge in [-0.1, -0.05) is 52.7 Å². The number of carbonyl (C=O) groups is 3. The zero-order valence-electron chi connectivity index (χ0n) is 18.5. The number of hydrogen-bond acceptors (Lipinski definition) is 3. The first-order valence-electron chi connectivity index (χ1n) is 10.9. The molecule has 0 rings (SSSR count). The lowest BCUT2D eigenvalue weighted by Crippen LogP contribution is -2.72. The minimum atomic E-state index is -1.14. The summed E-state index contributed by atoms with van der Waals surface area (Å²) in [5.41, 5.74) is 0. The average Bonchev–Trinajstić information content (AvgIpc) is 2.64. The minimum Gasteiger partial charge on any atom is -0.477 e. The Bertz CT molecular complexity index is 490. The summed E-state index contributed by atoms with van der Waals surface area (Å²) in [5.74, 6) is -3.41. The summed E-state index contributed by atoms with van der Waals surface area (Å²) in [7, 11) is 0. The zero-order valence-corrected chi connectivity index (χ0v) is 18.5. The third-order valence-corrected chi connectivity index (χ3v) is 5.81. The molecule has 29 heavy (non-hydrogen) atoms. The Morgan fingerprint density at radius 2 is 1.07 bits per heavy atom. The van der Waals surface area contributed by atoms with E-state index in [-0.39, 0.29) is 25.8 Å². The Balaban J connectivity index is 5.88. The zero-order chi connectivity index (χ0) is 22.4. The maximum atomic E-state index is 12.1. The maximum Gasteiger partial charge on any atom is 0.362 e. The Morgan fingerprint density at radius 3 is 1.38 bits per heavy atom. The highest BCUT2D eigenvalue weighted by Gasteiger charge is 2.55. The van der Waals surface area contributed by atoms with E-state index in [1.807, 2.05) is 6.08 Å². The van der Waals surface area contributed by atoms with Crippen molar-refractivity contribution in [2.75, 3.05) is 6.54 Å². The van der Waals surface area contributed by atoms with E-state index < -0.39 is 40.5 Å².